The van der Waals surface area contributed by atoms with Crippen LogP contribution in [-0.4, -0.2) is 52.4 Å². The van der Waals surface area contributed by atoms with Gasteiger partial charge in [-0.2, -0.15) is 0 Å². The Morgan fingerprint density at radius 1 is 0.807 bits per heavy atom. The molecule has 0 heterocycles. The molecule has 4 aliphatic rings. The molecule has 0 spiro atoms. The number of phenolic OH excluding ortho intramolecular Hbond substituents is 1. The molecular formula is C46H64N4O7. The fourth-order valence-corrected chi connectivity index (χ4v) is 11.4. The van der Waals surface area contributed by atoms with E-state index >= 15 is 0 Å². The molecule has 4 amide bonds. The molecule has 0 bridgehead atoms. The van der Waals surface area contributed by atoms with Gasteiger partial charge in [-0.3, -0.25) is 29.3 Å². The second-order valence-electron chi connectivity index (χ2n) is 19.5. The van der Waals surface area contributed by atoms with E-state index in [-0.39, 0.29) is 53.1 Å². The minimum atomic E-state index is -0.979. The topological polar surface area (TPSA) is 177 Å². The van der Waals surface area contributed by atoms with Crippen molar-refractivity contribution in [3.05, 3.63) is 58.7 Å². The predicted molar refractivity (Wildman–Crippen MR) is 219 cm³/mol. The van der Waals surface area contributed by atoms with E-state index in [2.05, 4.69) is 29.8 Å². The fourth-order valence-electron chi connectivity index (χ4n) is 11.4. The molecule has 2 saturated carbocycles. The Hall–Kier alpha value is -4.25. The summed E-state index contributed by atoms with van der Waals surface area (Å²) in [6.07, 6.45) is 8.23. The van der Waals surface area contributed by atoms with Crippen molar-refractivity contribution in [1.82, 2.24) is 10.6 Å². The van der Waals surface area contributed by atoms with Crippen LogP contribution in [0.4, 0.5) is 5.69 Å². The van der Waals surface area contributed by atoms with E-state index in [1.54, 1.807) is 33.8 Å². The minimum absolute atomic E-state index is 0.0140. The highest BCUT2D eigenvalue weighted by Crippen LogP contribution is 2.59. The van der Waals surface area contributed by atoms with Crippen LogP contribution in [0.3, 0.4) is 0 Å². The van der Waals surface area contributed by atoms with Crippen LogP contribution in [-0.2, 0) is 52.4 Å². The Bertz CT molecular complexity index is 1940. The standard InChI is InChI=1S/C46H64N4O7/c1-27(48-39(54)34(47)17-20-37(52)57-42(2,3)4)38(53)49-30-15-11-28-13-18-35-43(5,32(28)25-30)21-9-23-45(35,7)40(55)50-41(56)46(8)24-10-22-44(6)33-26-31(51)16-12-29(33)14-19-36(44)46/h11-12,15-16,25-27,34-36,51H,9-10,13-14,17-24,47H2,1-8H3,(H,48,54)(H,49,53)(H,50,55,56)/t27-,34-,35+,36+,43+,44+,45-,46-/m0/s1. The van der Waals surface area contributed by atoms with Crippen molar-refractivity contribution in [2.24, 2.45) is 28.4 Å². The Labute approximate surface area is 338 Å². The summed E-state index contributed by atoms with van der Waals surface area (Å²) in [6.45, 7) is 15.4. The molecule has 0 aromatic heterocycles. The molecule has 0 unspecified atom stereocenters. The number of amides is 4. The quantitative estimate of drug-likeness (QED) is 0.139. The number of aryl methyl sites for hydroxylation is 2. The molecule has 2 aromatic rings. The summed E-state index contributed by atoms with van der Waals surface area (Å²) in [4.78, 5) is 67.2. The molecule has 11 nitrogen and oxygen atoms in total. The van der Waals surface area contributed by atoms with Gasteiger partial charge in [-0.05, 0) is 155 Å². The van der Waals surface area contributed by atoms with Crippen molar-refractivity contribution in [2.75, 3.05) is 5.32 Å². The molecule has 8 atom stereocenters. The highest BCUT2D eigenvalue weighted by atomic mass is 16.6. The Morgan fingerprint density at radius 3 is 1.88 bits per heavy atom. The zero-order chi connectivity index (χ0) is 41.7. The number of benzene rings is 2. The molecule has 57 heavy (non-hydrogen) atoms. The van der Waals surface area contributed by atoms with Gasteiger partial charge in [0.15, 0.2) is 0 Å². The average Bonchev–Trinajstić information content (AvgIpc) is 3.13. The molecule has 0 radical (unpaired) electrons. The van der Waals surface area contributed by atoms with Gasteiger partial charge in [-0.25, -0.2) is 0 Å². The summed E-state index contributed by atoms with van der Waals surface area (Å²) < 4.78 is 5.30. The largest absolute Gasteiger partial charge is 0.508 e. The zero-order valence-electron chi connectivity index (χ0n) is 35.2. The van der Waals surface area contributed by atoms with Gasteiger partial charge < -0.3 is 26.2 Å². The number of rotatable bonds is 9. The number of hydrogen-bond donors (Lipinski definition) is 5. The van der Waals surface area contributed by atoms with Crippen LogP contribution in [0.25, 0.3) is 0 Å². The number of hydrogen-bond acceptors (Lipinski definition) is 8. The highest BCUT2D eigenvalue weighted by Gasteiger charge is 2.58. The fraction of sp³-hybridized carbons (Fsp3) is 0.630. The second-order valence-corrected chi connectivity index (χ2v) is 19.5. The SMILES string of the molecule is C[C@H](NC(=O)[C@@H](N)CCC(=O)OC(C)(C)C)C(=O)Nc1ccc2c(c1)[C@@]1(C)CCC[C@](C)(C(=O)NC(=O)[C@@]3(C)CCC[C@]4(C)c5cc(O)ccc5CC[C@@H]34)[C@@H]1CC2. The van der Waals surface area contributed by atoms with Crippen LogP contribution in [0.1, 0.15) is 142 Å². The first kappa shape index (κ1) is 42.4. The number of imide groups is 1. The van der Waals surface area contributed by atoms with E-state index in [0.717, 1.165) is 62.5 Å². The average molecular weight is 785 g/mol. The number of carbonyl (C=O) groups is 5. The molecular weight excluding hydrogens is 721 g/mol. The number of fused-ring (bicyclic) bond motifs is 6. The lowest BCUT2D eigenvalue weighted by Gasteiger charge is -2.56. The maximum Gasteiger partial charge on any atom is 0.306 e. The van der Waals surface area contributed by atoms with Gasteiger partial charge in [0.2, 0.25) is 23.6 Å². The summed E-state index contributed by atoms with van der Waals surface area (Å²) >= 11 is 0. The molecule has 4 aliphatic carbocycles. The lowest BCUT2D eigenvalue weighted by molar-refractivity contribution is -0.155. The van der Waals surface area contributed by atoms with E-state index in [1.807, 2.05) is 44.2 Å². The highest BCUT2D eigenvalue weighted by molar-refractivity contribution is 6.01. The number of nitrogens with one attached hydrogen (secondary N) is 3. The molecule has 6 N–H and O–H groups in total. The zero-order valence-corrected chi connectivity index (χ0v) is 35.2. The van der Waals surface area contributed by atoms with Crippen molar-refractivity contribution >= 4 is 35.3 Å². The number of ether oxygens (including phenoxy) is 1. The van der Waals surface area contributed by atoms with E-state index < -0.39 is 46.3 Å². The van der Waals surface area contributed by atoms with E-state index in [1.165, 1.54) is 11.1 Å². The van der Waals surface area contributed by atoms with Gasteiger partial charge in [-0.1, -0.05) is 52.7 Å². The van der Waals surface area contributed by atoms with Gasteiger partial charge in [0.25, 0.3) is 0 Å². The van der Waals surface area contributed by atoms with Crippen molar-refractivity contribution in [3.63, 3.8) is 0 Å². The van der Waals surface area contributed by atoms with Crippen molar-refractivity contribution in [1.29, 1.82) is 0 Å². The van der Waals surface area contributed by atoms with Gasteiger partial charge in [0.05, 0.1) is 16.9 Å². The molecule has 0 aliphatic heterocycles. The monoisotopic (exact) mass is 784 g/mol. The summed E-state index contributed by atoms with van der Waals surface area (Å²) in [5.74, 6) is -1.51. The Morgan fingerprint density at radius 2 is 1.33 bits per heavy atom. The number of anilines is 1. The van der Waals surface area contributed by atoms with Crippen molar-refractivity contribution in [2.45, 2.75) is 161 Å². The number of phenols is 1. The predicted octanol–water partition coefficient (Wildman–Crippen LogP) is 6.65. The maximum atomic E-state index is 14.6. The third kappa shape index (κ3) is 8.10. The molecule has 11 heteroatoms. The van der Waals surface area contributed by atoms with Gasteiger partial charge in [-0.15, -0.1) is 0 Å². The maximum absolute atomic E-state index is 14.6. The number of nitrogens with two attached hydrogens (primary N) is 1. The van der Waals surface area contributed by atoms with Crippen molar-refractivity contribution in [3.8, 4) is 5.75 Å². The van der Waals surface area contributed by atoms with Crippen LogP contribution in [0.2, 0.25) is 0 Å². The molecule has 310 valence electrons. The van der Waals surface area contributed by atoms with Crippen LogP contribution >= 0.6 is 0 Å². The van der Waals surface area contributed by atoms with Crippen LogP contribution < -0.4 is 21.7 Å². The molecule has 6 rings (SSSR count). The molecule has 2 aromatic carbocycles. The number of aromatic hydroxyl groups is 1. The molecule has 0 saturated heterocycles. The Kier molecular flexibility index (Phi) is 11.5. The number of carbonyl (C=O) groups excluding carboxylic acids is 5. The second kappa shape index (κ2) is 15.5. The summed E-state index contributed by atoms with van der Waals surface area (Å²) in [5.41, 5.74) is 8.50. The van der Waals surface area contributed by atoms with Gasteiger partial charge >= 0.3 is 5.97 Å². The van der Waals surface area contributed by atoms with Gasteiger partial charge in [0.1, 0.15) is 17.4 Å². The third-order valence-electron chi connectivity index (χ3n) is 14.4. The lowest BCUT2D eigenvalue weighted by Crippen LogP contribution is -2.60. The van der Waals surface area contributed by atoms with Crippen LogP contribution in [0.15, 0.2) is 36.4 Å². The van der Waals surface area contributed by atoms with Crippen LogP contribution in [0, 0.1) is 22.7 Å². The summed E-state index contributed by atoms with van der Waals surface area (Å²) in [7, 11) is 0. The first-order chi connectivity index (χ1) is 26.6. The van der Waals surface area contributed by atoms with E-state index in [0.29, 0.717) is 18.5 Å². The third-order valence-corrected chi connectivity index (χ3v) is 14.4. The van der Waals surface area contributed by atoms with Crippen LogP contribution in [0.5, 0.6) is 5.75 Å². The smallest absolute Gasteiger partial charge is 0.306 e. The van der Waals surface area contributed by atoms with E-state index in [9.17, 15) is 29.1 Å². The van der Waals surface area contributed by atoms with Gasteiger partial charge in [0, 0.05) is 12.1 Å². The minimum Gasteiger partial charge on any atom is -0.508 e. The normalized spacial score (nSPS) is 30.2. The first-order valence-corrected chi connectivity index (χ1v) is 21.0. The first-order valence-electron chi connectivity index (χ1n) is 21.0. The number of esters is 1. The Balaban J connectivity index is 1.13. The molecule has 2 fully saturated rings. The summed E-state index contributed by atoms with van der Waals surface area (Å²) in [5, 5.41) is 19.0. The summed E-state index contributed by atoms with van der Waals surface area (Å²) in [6, 6.07) is 9.70. The van der Waals surface area contributed by atoms with E-state index in [4.69, 9.17) is 10.5 Å². The van der Waals surface area contributed by atoms with Crippen molar-refractivity contribution < 1.29 is 33.8 Å². The lowest BCUT2D eigenvalue weighted by atomic mass is 9.49.